The van der Waals surface area contributed by atoms with E-state index in [-0.39, 0.29) is 0 Å². The van der Waals surface area contributed by atoms with Gasteiger partial charge in [0, 0.05) is 20.9 Å². The van der Waals surface area contributed by atoms with Crippen molar-refractivity contribution in [2.24, 2.45) is 23.7 Å². The van der Waals surface area contributed by atoms with Crippen molar-refractivity contribution >= 4 is 52.8 Å². The maximum absolute atomic E-state index is 2.52. The first-order valence-electron chi connectivity index (χ1n) is 27.3. The first-order chi connectivity index (χ1) is 32.9. The quantitative estimate of drug-likeness (QED) is 0.0459. The molecule has 0 aliphatic carbocycles. The van der Waals surface area contributed by atoms with Gasteiger partial charge in [0.1, 0.15) is 0 Å². The Morgan fingerprint density at radius 2 is 0.612 bits per heavy atom. The number of hydrogen-bond acceptors (Lipinski definition) is 3. The Morgan fingerprint density at radius 3 is 0.881 bits per heavy atom. The molecule has 0 saturated heterocycles. The molecular weight excluding hydrogens is 865 g/mol. The summed E-state index contributed by atoms with van der Waals surface area (Å²) in [7, 11) is 0. The van der Waals surface area contributed by atoms with Crippen molar-refractivity contribution in [2.45, 2.75) is 184 Å². The number of unbranched alkanes of at least 4 members (excludes halogenated alkanes) is 4. The average Bonchev–Trinajstić information content (AvgIpc) is 4.03. The van der Waals surface area contributed by atoms with Gasteiger partial charge in [-0.1, -0.05) is 255 Å². The molecule has 0 aliphatic heterocycles. The minimum absolute atomic E-state index is 0.704. The Morgan fingerprint density at radius 1 is 0.313 bits per heavy atom. The van der Waals surface area contributed by atoms with E-state index in [0.717, 1.165) is 25.7 Å². The van der Waals surface area contributed by atoms with Crippen LogP contribution in [0.3, 0.4) is 0 Å². The van der Waals surface area contributed by atoms with Gasteiger partial charge in [0.25, 0.3) is 0 Å². The van der Waals surface area contributed by atoms with Crippen LogP contribution in [-0.2, 0) is 25.7 Å². The number of rotatable bonds is 28. The Labute approximate surface area is 420 Å². The molecule has 0 radical (unpaired) electrons. The molecule has 0 fully saturated rings. The fourth-order valence-corrected chi connectivity index (χ4v) is 15.9. The highest BCUT2D eigenvalue weighted by molar-refractivity contribution is 7.41. The van der Waals surface area contributed by atoms with E-state index in [4.69, 9.17) is 0 Å². The van der Waals surface area contributed by atoms with Crippen molar-refractivity contribution in [1.29, 1.82) is 0 Å². The van der Waals surface area contributed by atoms with Gasteiger partial charge in [0.15, 0.2) is 0 Å². The van der Waals surface area contributed by atoms with Crippen molar-refractivity contribution < 1.29 is 0 Å². The smallest absolute Gasteiger partial charge is 0.0642 e. The summed E-state index contributed by atoms with van der Waals surface area (Å²) >= 11 is 6.36. The van der Waals surface area contributed by atoms with Crippen LogP contribution in [-0.4, -0.2) is 0 Å². The first kappa shape index (κ1) is 51.4. The summed E-state index contributed by atoms with van der Waals surface area (Å²) in [5.74, 6) is 2.82. The molecule has 0 aliphatic rings. The molecule has 3 heteroatoms. The summed E-state index contributed by atoms with van der Waals surface area (Å²) in [6, 6.07) is 37.9. The predicted molar refractivity (Wildman–Crippen MR) is 305 cm³/mol. The van der Waals surface area contributed by atoms with Crippen LogP contribution in [0, 0.1) is 23.7 Å². The lowest BCUT2D eigenvalue weighted by Gasteiger charge is -2.22. The van der Waals surface area contributed by atoms with Crippen molar-refractivity contribution in [3.8, 4) is 43.1 Å². The Bertz CT molecular complexity index is 2300. The topological polar surface area (TPSA) is 0 Å². The fourth-order valence-electron chi connectivity index (χ4n) is 11.1. The first-order valence-corrected chi connectivity index (χ1v) is 29.7. The summed E-state index contributed by atoms with van der Waals surface area (Å²) in [6.45, 7) is 19.1. The van der Waals surface area contributed by atoms with Crippen molar-refractivity contribution in [3.05, 3.63) is 119 Å². The number of benzene rings is 4. The number of thiophene rings is 3. The van der Waals surface area contributed by atoms with Crippen LogP contribution < -0.4 is 0 Å². The van der Waals surface area contributed by atoms with Gasteiger partial charge in [-0.3, -0.25) is 0 Å². The van der Waals surface area contributed by atoms with Crippen molar-refractivity contribution in [2.75, 3.05) is 0 Å². The van der Waals surface area contributed by atoms with Gasteiger partial charge in [0.2, 0.25) is 0 Å². The molecule has 4 aromatic carbocycles. The molecule has 3 aromatic heterocycles. The van der Waals surface area contributed by atoms with Crippen LogP contribution in [0.1, 0.15) is 180 Å². The summed E-state index contributed by atoms with van der Waals surface area (Å²) in [5, 5.41) is 0. The third-order valence-corrected chi connectivity index (χ3v) is 19.5. The molecule has 358 valence electrons. The van der Waals surface area contributed by atoms with E-state index in [1.165, 1.54) is 154 Å². The molecule has 4 atom stereocenters. The largest absolute Gasteiger partial charge is 0.132 e. The monoisotopic (exact) mass is 949 g/mol. The molecule has 4 unspecified atom stereocenters. The van der Waals surface area contributed by atoms with Gasteiger partial charge in [-0.15, -0.1) is 34.0 Å². The molecular formula is C64H84S3. The molecule has 0 N–H and O–H groups in total. The lowest BCUT2D eigenvalue weighted by molar-refractivity contribution is 0.445. The highest BCUT2D eigenvalue weighted by Crippen LogP contribution is 2.59. The fraction of sp³-hybridized carbons (Fsp3) is 0.500. The summed E-state index contributed by atoms with van der Waals surface area (Å²) < 4.78 is 5.97. The van der Waals surface area contributed by atoms with Gasteiger partial charge in [-0.2, -0.15) is 0 Å². The maximum Gasteiger partial charge on any atom is 0.0642 e. The van der Waals surface area contributed by atoms with E-state index < -0.39 is 0 Å². The van der Waals surface area contributed by atoms with Crippen LogP contribution in [0.5, 0.6) is 0 Å². The van der Waals surface area contributed by atoms with Gasteiger partial charge >= 0.3 is 0 Å². The van der Waals surface area contributed by atoms with Crippen LogP contribution in [0.2, 0.25) is 0 Å². The lowest BCUT2D eigenvalue weighted by atomic mass is 9.83. The van der Waals surface area contributed by atoms with E-state index in [1.54, 1.807) is 33.4 Å². The van der Waals surface area contributed by atoms with Crippen LogP contribution in [0.15, 0.2) is 97.1 Å². The Hall–Kier alpha value is -3.50. The zero-order valence-corrected chi connectivity index (χ0v) is 45.4. The van der Waals surface area contributed by atoms with E-state index in [1.807, 2.05) is 0 Å². The third kappa shape index (κ3) is 12.3. The van der Waals surface area contributed by atoms with Crippen LogP contribution in [0.25, 0.3) is 61.9 Å². The third-order valence-electron chi connectivity index (χ3n) is 15.4. The van der Waals surface area contributed by atoms with E-state index >= 15 is 0 Å². The molecule has 0 bridgehead atoms. The normalized spacial score (nSPS) is 13.7. The highest BCUT2D eigenvalue weighted by Gasteiger charge is 2.30. The summed E-state index contributed by atoms with van der Waals surface area (Å²) in [5.41, 5.74) is 15.1. The van der Waals surface area contributed by atoms with E-state index in [0.29, 0.717) is 23.7 Å². The Kier molecular flexibility index (Phi) is 19.9. The molecule has 7 rings (SSSR count). The van der Waals surface area contributed by atoms with Gasteiger partial charge in [-0.25, -0.2) is 0 Å². The van der Waals surface area contributed by atoms with E-state index in [9.17, 15) is 0 Å². The van der Waals surface area contributed by atoms with Gasteiger partial charge < -0.3 is 0 Å². The lowest BCUT2D eigenvalue weighted by Crippen LogP contribution is -2.09. The average molecular weight is 950 g/mol. The zero-order valence-electron chi connectivity index (χ0n) is 42.9. The molecule has 0 spiro atoms. The van der Waals surface area contributed by atoms with Crippen LogP contribution in [0.4, 0.5) is 0 Å². The predicted octanol–water partition coefficient (Wildman–Crippen LogP) is 21.9. The van der Waals surface area contributed by atoms with Crippen molar-refractivity contribution in [1.82, 2.24) is 0 Å². The zero-order chi connectivity index (χ0) is 47.1. The SMILES string of the molecule is CCCCC(CC)Cc1cccc(CC(CC)CCCC)c1-c1sc2c(sc3c(-c4ccccc4)c(-c4c(CC(CC)CCCC)cccc4CC(CC)CCCC)sc32)c1-c1ccccc1. The number of hydrogen-bond donors (Lipinski definition) is 0. The Balaban J connectivity index is 1.53. The standard InChI is InChI=1S/C64H84S3/c1-9-17-29-45(13-5)41-51-37-27-38-52(42-46(14-6)30-18-10-2)55(51)59-57(49-33-23-21-24-34-49)61-63(65-59)64-62(67-61)58(50-35-25-22-26-36-50)60(66-64)56-53(43-47(15-7)31-19-11-3)39-28-40-54(56)44-48(16-8)32-20-12-4/h21-28,33-40,45-48H,9-20,29-32,41-44H2,1-8H3. The molecule has 0 nitrogen and oxygen atoms in total. The minimum Gasteiger partial charge on any atom is -0.132 e. The molecule has 3 heterocycles. The summed E-state index contributed by atoms with van der Waals surface area (Å²) in [6.07, 6.45) is 25.2. The molecule has 7 aromatic rings. The molecule has 0 saturated carbocycles. The summed E-state index contributed by atoms with van der Waals surface area (Å²) in [4.78, 5) is 3.02. The maximum atomic E-state index is 2.52. The van der Waals surface area contributed by atoms with Gasteiger partial charge in [-0.05, 0) is 93.9 Å². The highest BCUT2D eigenvalue weighted by atomic mass is 32.1. The van der Waals surface area contributed by atoms with E-state index in [2.05, 4.69) is 186 Å². The molecule has 67 heavy (non-hydrogen) atoms. The number of fused-ring (bicyclic) bond motifs is 3. The van der Waals surface area contributed by atoms with Gasteiger partial charge in [0.05, 0.1) is 18.8 Å². The van der Waals surface area contributed by atoms with Crippen LogP contribution >= 0.6 is 34.0 Å². The molecule has 0 amide bonds. The minimum atomic E-state index is 0.704. The second-order valence-electron chi connectivity index (χ2n) is 20.1. The second-order valence-corrected chi connectivity index (χ2v) is 23.2. The van der Waals surface area contributed by atoms with Crippen molar-refractivity contribution in [3.63, 3.8) is 0 Å². The second kappa shape index (κ2) is 25.9.